The zero-order valence-corrected chi connectivity index (χ0v) is 14.3. The molecule has 7 nitrogen and oxygen atoms in total. The first-order valence-electron chi connectivity index (χ1n) is 8.30. The van der Waals surface area contributed by atoms with Crippen molar-refractivity contribution >= 4 is 11.8 Å². The Morgan fingerprint density at radius 3 is 2.41 bits per heavy atom. The molecule has 2 amide bonds. The van der Waals surface area contributed by atoms with Crippen molar-refractivity contribution in [3.05, 3.63) is 71.9 Å². The van der Waals surface area contributed by atoms with Crippen molar-refractivity contribution in [3.8, 4) is 11.4 Å². The number of hydrazine groups is 1. The second-order valence-corrected chi connectivity index (χ2v) is 5.78. The molecule has 8 heteroatoms. The number of hydrogen-bond acceptors (Lipinski definition) is 5. The Hall–Kier alpha value is -3.55. The highest BCUT2D eigenvalue weighted by Crippen LogP contribution is 2.15. The van der Waals surface area contributed by atoms with Gasteiger partial charge in [-0.3, -0.25) is 20.4 Å². The largest absolute Gasteiger partial charge is 0.339 e. The summed E-state index contributed by atoms with van der Waals surface area (Å²) in [5.74, 6) is -0.370. The molecule has 1 heterocycles. The second kappa shape index (κ2) is 8.70. The molecule has 0 aliphatic carbocycles. The van der Waals surface area contributed by atoms with Crippen LogP contribution in [0.25, 0.3) is 11.4 Å². The number of benzene rings is 2. The lowest BCUT2D eigenvalue weighted by Gasteiger charge is -2.06. The van der Waals surface area contributed by atoms with Crippen LogP contribution in [0.1, 0.15) is 17.9 Å². The molecule has 2 N–H and O–H groups in total. The number of aromatic nitrogens is 2. The maximum Gasteiger partial charge on any atom is 0.242 e. The summed E-state index contributed by atoms with van der Waals surface area (Å²) in [4.78, 5) is 27.8. The Bertz CT molecular complexity index is 910. The smallest absolute Gasteiger partial charge is 0.242 e. The van der Waals surface area contributed by atoms with Crippen molar-refractivity contribution < 1.29 is 18.5 Å². The molecule has 27 heavy (non-hydrogen) atoms. The maximum atomic E-state index is 12.8. The summed E-state index contributed by atoms with van der Waals surface area (Å²) >= 11 is 0. The fraction of sp³-hybridized carbons (Fsp3) is 0.158. The minimum absolute atomic E-state index is 0.0324. The first-order valence-corrected chi connectivity index (χ1v) is 8.30. The molecular formula is C19H17FN4O3. The predicted octanol–water partition coefficient (Wildman–Crippen LogP) is 2.20. The van der Waals surface area contributed by atoms with Gasteiger partial charge in [0.15, 0.2) is 0 Å². The Morgan fingerprint density at radius 2 is 1.67 bits per heavy atom. The van der Waals surface area contributed by atoms with Gasteiger partial charge in [0.25, 0.3) is 0 Å². The van der Waals surface area contributed by atoms with Gasteiger partial charge in [-0.15, -0.1) is 0 Å². The first kappa shape index (κ1) is 18.2. The number of amides is 2. The lowest BCUT2D eigenvalue weighted by molar-refractivity contribution is -0.128. The van der Waals surface area contributed by atoms with E-state index in [4.69, 9.17) is 4.52 Å². The van der Waals surface area contributed by atoms with Crippen molar-refractivity contribution in [2.45, 2.75) is 19.3 Å². The zero-order valence-electron chi connectivity index (χ0n) is 14.3. The monoisotopic (exact) mass is 368 g/mol. The van der Waals surface area contributed by atoms with E-state index in [1.807, 2.05) is 30.3 Å². The molecule has 0 spiro atoms. The normalized spacial score (nSPS) is 10.4. The highest BCUT2D eigenvalue weighted by Gasteiger charge is 2.11. The lowest BCUT2D eigenvalue weighted by atomic mass is 10.1. The topological polar surface area (TPSA) is 97.1 Å². The molecule has 3 rings (SSSR count). The summed E-state index contributed by atoms with van der Waals surface area (Å²) < 4.78 is 18.0. The number of hydrogen-bond donors (Lipinski definition) is 2. The number of nitrogens with one attached hydrogen (secondary N) is 2. The zero-order chi connectivity index (χ0) is 19.1. The van der Waals surface area contributed by atoms with E-state index in [1.165, 1.54) is 24.3 Å². The van der Waals surface area contributed by atoms with Crippen LogP contribution >= 0.6 is 0 Å². The highest BCUT2D eigenvalue weighted by atomic mass is 19.1. The van der Waals surface area contributed by atoms with Gasteiger partial charge in [0, 0.05) is 18.4 Å². The van der Waals surface area contributed by atoms with E-state index in [1.54, 1.807) is 0 Å². The Labute approximate surface area is 154 Å². The van der Waals surface area contributed by atoms with Crippen LogP contribution in [-0.2, 0) is 22.4 Å². The molecule has 0 fully saturated rings. The molecule has 138 valence electrons. The molecule has 1 aromatic heterocycles. The van der Waals surface area contributed by atoms with Gasteiger partial charge in [-0.2, -0.15) is 4.98 Å². The molecule has 0 aliphatic heterocycles. The van der Waals surface area contributed by atoms with Gasteiger partial charge < -0.3 is 4.52 Å². The first-order chi connectivity index (χ1) is 13.1. The van der Waals surface area contributed by atoms with Crippen LogP contribution in [0.4, 0.5) is 4.39 Å². The summed E-state index contributed by atoms with van der Waals surface area (Å²) in [5.41, 5.74) is 6.10. The average molecular weight is 368 g/mol. The number of halogens is 1. The maximum absolute atomic E-state index is 12.8. The lowest BCUT2D eigenvalue weighted by Crippen LogP contribution is -2.42. The fourth-order valence-corrected chi connectivity index (χ4v) is 2.32. The molecule has 0 bridgehead atoms. The van der Waals surface area contributed by atoms with Gasteiger partial charge in [0.05, 0.1) is 6.42 Å². The standard InChI is InChI=1S/C19H17FN4O3/c20-15-8-6-13(7-9-15)12-17(26)23-22-16(25)10-11-18-21-19(24-27-18)14-4-2-1-3-5-14/h1-9H,10-12H2,(H,22,25)(H,23,26). The van der Waals surface area contributed by atoms with Crippen LogP contribution in [0, 0.1) is 5.82 Å². The summed E-state index contributed by atoms with van der Waals surface area (Å²) in [5, 5.41) is 3.88. The van der Waals surface area contributed by atoms with Gasteiger partial charge in [0.2, 0.25) is 23.5 Å². The number of rotatable bonds is 6. The third-order valence-corrected chi connectivity index (χ3v) is 3.69. The Kier molecular flexibility index (Phi) is 5.88. The summed E-state index contributed by atoms with van der Waals surface area (Å²) in [7, 11) is 0. The van der Waals surface area contributed by atoms with E-state index in [-0.39, 0.29) is 31.0 Å². The van der Waals surface area contributed by atoms with Gasteiger partial charge in [-0.05, 0) is 17.7 Å². The Morgan fingerprint density at radius 1 is 0.963 bits per heavy atom. The van der Waals surface area contributed by atoms with Crippen molar-refractivity contribution in [3.63, 3.8) is 0 Å². The van der Waals surface area contributed by atoms with E-state index in [0.29, 0.717) is 17.3 Å². The number of carbonyl (C=O) groups is 2. The predicted molar refractivity (Wildman–Crippen MR) is 94.4 cm³/mol. The summed E-state index contributed by atoms with van der Waals surface area (Å²) in [6.45, 7) is 0. The van der Waals surface area contributed by atoms with Crippen molar-refractivity contribution in [1.29, 1.82) is 0 Å². The van der Waals surface area contributed by atoms with Crippen LogP contribution in [-0.4, -0.2) is 22.0 Å². The van der Waals surface area contributed by atoms with Gasteiger partial charge in [-0.25, -0.2) is 4.39 Å². The van der Waals surface area contributed by atoms with E-state index in [9.17, 15) is 14.0 Å². The molecule has 0 aliphatic rings. The van der Waals surface area contributed by atoms with Crippen LogP contribution in [0.3, 0.4) is 0 Å². The molecule has 0 unspecified atom stereocenters. The minimum Gasteiger partial charge on any atom is -0.339 e. The molecule has 2 aromatic carbocycles. The van der Waals surface area contributed by atoms with Crippen molar-refractivity contribution in [2.24, 2.45) is 0 Å². The van der Waals surface area contributed by atoms with E-state index in [0.717, 1.165) is 5.56 Å². The van der Waals surface area contributed by atoms with Crippen LogP contribution in [0.5, 0.6) is 0 Å². The van der Waals surface area contributed by atoms with Gasteiger partial charge in [0.1, 0.15) is 5.82 Å². The summed E-state index contributed by atoms with van der Waals surface area (Å²) in [6.07, 6.45) is 0.359. The van der Waals surface area contributed by atoms with Crippen LogP contribution in [0.2, 0.25) is 0 Å². The SMILES string of the molecule is O=C(CCc1nc(-c2ccccc2)no1)NNC(=O)Cc1ccc(F)cc1. The summed E-state index contributed by atoms with van der Waals surface area (Å²) in [6, 6.07) is 14.9. The number of aryl methyl sites for hydroxylation is 1. The highest BCUT2D eigenvalue weighted by molar-refractivity contribution is 5.83. The average Bonchev–Trinajstić information content (AvgIpc) is 3.16. The molecule has 0 radical (unpaired) electrons. The molecule has 0 atom stereocenters. The van der Waals surface area contributed by atoms with Crippen LogP contribution in [0.15, 0.2) is 59.1 Å². The second-order valence-electron chi connectivity index (χ2n) is 5.78. The van der Waals surface area contributed by atoms with Gasteiger partial charge in [-0.1, -0.05) is 47.6 Å². The van der Waals surface area contributed by atoms with E-state index >= 15 is 0 Å². The molecule has 0 saturated carbocycles. The molecular weight excluding hydrogens is 351 g/mol. The third kappa shape index (κ3) is 5.46. The Balaban J connectivity index is 1.41. The van der Waals surface area contributed by atoms with Crippen molar-refractivity contribution in [1.82, 2.24) is 21.0 Å². The quantitative estimate of drug-likeness (QED) is 0.650. The third-order valence-electron chi connectivity index (χ3n) is 3.69. The van der Waals surface area contributed by atoms with Crippen LogP contribution < -0.4 is 10.9 Å². The van der Waals surface area contributed by atoms with Crippen molar-refractivity contribution in [2.75, 3.05) is 0 Å². The molecule has 0 saturated heterocycles. The van der Waals surface area contributed by atoms with E-state index < -0.39 is 5.91 Å². The number of nitrogens with zero attached hydrogens (tertiary/aromatic N) is 2. The fourth-order valence-electron chi connectivity index (χ4n) is 2.32. The molecule has 3 aromatic rings. The van der Waals surface area contributed by atoms with E-state index in [2.05, 4.69) is 21.0 Å². The number of carbonyl (C=O) groups excluding carboxylic acids is 2. The minimum atomic E-state index is -0.404. The van der Waals surface area contributed by atoms with Gasteiger partial charge >= 0.3 is 0 Å².